The molecule has 0 fully saturated rings. The highest BCUT2D eigenvalue weighted by molar-refractivity contribution is 7.99. The van der Waals surface area contributed by atoms with Crippen LogP contribution in [-0.4, -0.2) is 26.7 Å². The molecule has 1 aromatic carbocycles. The predicted molar refractivity (Wildman–Crippen MR) is 69.1 cm³/mol. The number of hydrogen-bond acceptors (Lipinski definition) is 5. The van der Waals surface area contributed by atoms with Gasteiger partial charge in [0.1, 0.15) is 0 Å². The number of carbonyl (C=O) groups is 1. The van der Waals surface area contributed by atoms with Gasteiger partial charge < -0.3 is 10.2 Å². The molecule has 0 spiro atoms. The van der Waals surface area contributed by atoms with E-state index in [0.717, 1.165) is 5.03 Å². The van der Waals surface area contributed by atoms with Crippen LogP contribution in [-0.2, 0) is 0 Å². The third-order valence-electron chi connectivity index (χ3n) is 2.29. The molecule has 0 atom stereocenters. The number of thioether (sulfide) groups is 1. The van der Waals surface area contributed by atoms with Crippen LogP contribution >= 0.6 is 11.8 Å². The lowest BCUT2D eigenvalue weighted by atomic mass is 10.1. The van der Waals surface area contributed by atoms with E-state index in [2.05, 4.69) is 4.98 Å². The number of phenolic OH excluding ortho intramolecular Hbond substituents is 2. The van der Waals surface area contributed by atoms with Crippen molar-refractivity contribution in [3.63, 3.8) is 0 Å². The Kier molecular flexibility index (Phi) is 3.84. The predicted octanol–water partition coefficient (Wildman–Crippen LogP) is 2.47. The minimum absolute atomic E-state index is 0.124. The number of aromatic hydroxyl groups is 2. The fraction of sp³-hybridized carbons (Fsp3) is 0.0769. The zero-order valence-corrected chi connectivity index (χ0v) is 10.2. The number of hydrogen-bond donors (Lipinski definition) is 2. The van der Waals surface area contributed by atoms with Crippen molar-refractivity contribution in [3.05, 3.63) is 48.2 Å². The number of carbonyl (C=O) groups excluding carboxylic acids is 1. The van der Waals surface area contributed by atoms with Crippen LogP contribution < -0.4 is 0 Å². The number of Topliss-reactive ketones (excluding diaryl/α,β-unsaturated/α-hetero) is 1. The summed E-state index contributed by atoms with van der Waals surface area (Å²) < 4.78 is 0. The van der Waals surface area contributed by atoms with Gasteiger partial charge in [0.15, 0.2) is 17.3 Å². The number of phenols is 2. The summed E-state index contributed by atoms with van der Waals surface area (Å²) in [5.41, 5.74) is 0.369. The second-order valence-electron chi connectivity index (χ2n) is 3.58. The molecule has 4 nitrogen and oxygen atoms in total. The third-order valence-corrected chi connectivity index (χ3v) is 3.23. The Balaban J connectivity index is 2.02. The molecule has 1 heterocycles. The fourth-order valence-corrected chi connectivity index (χ4v) is 2.11. The summed E-state index contributed by atoms with van der Waals surface area (Å²) in [6.07, 6.45) is 1.67. The van der Waals surface area contributed by atoms with Crippen molar-refractivity contribution in [2.45, 2.75) is 5.03 Å². The number of rotatable bonds is 4. The van der Waals surface area contributed by atoms with Gasteiger partial charge in [-0.2, -0.15) is 0 Å². The first kappa shape index (κ1) is 12.4. The third kappa shape index (κ3) is 3.01. The molecule has 92 valence electrons. The Morgan fingerprint density at radius 3 is 2.67 bits per heavy atom. The van der Waals surface area contributed by atoms with E-state index in [9.17, 15) is 9.90 Å². The Labute approximate surface area is 108 Å². The molecule has 2 aromatic rings. The Morgan fingerprint density at radius 1 is 1.17 bits per heavy atom. The van der Waals surface area contributed by atoms with Crippen molar-refractivity contribution < 1.29 is 15.0 Å². The molecule has 0 saturated carbocycles. The van der Waals surface area contributed by atoms with Crippen LogP contribution in [0, 0.1) is 0 Å². The van der Waals surface area contributed by atoms with Gasteiger partial charge in [0.25, 0.3) is 0 Å². The summed E-state index contributed by atoms with van der Waals surface area (Å²) in [5, 5.41) is 19.2. The molecular weight excluding hydrogens is 250 g/mol. The molecular formula is C13H11NO3S. The normalized spacial score (nSPS) is 10.2. The maximum atomic E-state index is 11.8. The van der Waals surface area contributed by atoms with Crippen LogP contribution in [0.15, 0.2) is 47.6 Å². The Bertz CT molecular complexity index is 557. The minimum atomic E-state index is -0.288. The molecule has 1 aromatic heterocycles. The van der Waals surface area contributed by atoms with Crippen molar-refractivity contribution >= 4 is 17.5 Å². The maximum absolute atomic E-state index is 11.8. The van der Waals surface area contributed by atoms with Gasteiger partial charge in [-0.15, -0.1) is 0 Å². The Morgan fingerprint density at radius 2 is 2.00 bits per heavy atom. The highest BCUT2D eigenvalue weighted by Gasteiger charge is 2.09. The lowest BCUT2D eigenvalue weighted by Gasteiger charge is -2.03. The van der Waals surface area contributed by atoms with Gasteiger partial charge >= 0.3 is 0 Å². The lowest BCUT2D eigenvalue weighted by molar-refractivity contribution is 0.102. The molecule has 2 rings (SSSR count). The van der Waals surface area contributed by atoms with Crippen molar-refractivity contribution in [2.75, 3.05) is 5.75 Å². The molecule has 0 bridgehead atoms. The molecule has 0 amide bonds. The van der Waals surface area contributed by atoms with E-state index in [1.165, 1.54) is 30.0 Å². The summed E-state index contributed by atoms with van der Waals surface area (Å²) in [7, 11) is 0. The summed E-state index contributed by atoms with van der Waals surface area (Å²) in [4.78, 5) is 15.9. The van der Waals surface area contributed by atoms with Gasteiger partial charge in [-0.3, -0.25) is 4.79 Å². The first-order valence-corrected chi connectivity index (χ1v) is 6.24. The second kappa shape index (κ2) is 5.55. The van der Waals surface area contributed by atoms with Gasteiger partial charge in [0.05, 0.1) is 10.8 Å². The SMILES string of the molecule is O=C(CSc1ccccn1)c1ccc(O)c(O)c1. The largest absolute Gasteiger partial charge is 0.504 e. The number of nitrogens with zero attached hydrogens (tertiary/aromatic N) is 1. The maximum Gasteiger partial charge on any atom is 0.173 e. The van der Waals surface area contributed by atoms with E-state index in [0.29, 0.717) is 5.56 Å². The van der Waals surface area contributed by atoms with Crippen LogP contribution in [0.2, 0.25) is 0 Å². The van der Waals surface area contributed by atoms with Gasteiger partial charge in [-0.05, 0) is 30.3 Å². The van der Waals surface area contributed by atoms with Gasteiger partial charge in [-0.25, -0.2) is 4.98 Å². The highest BCUT2D eigenvalue weighted by atomic mass is 32.2. The van der Waals surface area contributed by atoms with E-state index in [-0.39, 0.29) is 23.0 Å². The van der Waals surface area contributed by atoms with Crippen molar-refractivity contribution in [3.8, 4) is 11.5 Å². The van der Waals surface area contributed by atoms with E-state index in [4.69, 9.17) is 5.11 Å². The lowest BCUT2D eigenvalue weighted by Crippen LogP contribution is -2.02. The summed E-state index contributed by atoms with van der Waals surface area (Å²) in [6.45, 7) is 0. The van der Waals surface area contributed by atoms with Gasteiger partial charge in [-0.1, -0.05) is 17.8 Å². The van der Waals surface area contributed by atoms with Crippen LogP contribution in [0.25, 0.3) is 0 Å². The summed E-state index contributed by atoms with van der Waals surface area (Å²) in [6, 6.07) is 9.53. The topological polar surface area (TPSA) is 70.4 Å². The van der Waals surface area contributed by atoms with Gasteiger partial charge in [0, 0.05) is 11.8 Å². The number of benzene rings is 1. The van der Waals surface area contributed by atoms with Crippen LogP contribution in [0.4, 0.5) is 0 Å². The van der Waals surface area contributed by atoms with E-state index in [1.807, 2.05) is 18.2 Å². The summed E-state index contributed by atoms with van der Waals surface area (Å²) in [5.74, 6) is -0.408. The standard InChI is InChI=1S/C13H11NO3S/c15-10-5-4-9(7-11(10)16)12(17)8-18-13-3-1-2-6-14-13/h1-7,15-16H,8H2. The van der Waals surface area contributed by atoms with Gasteiger partial charge in [0.2, 0.25) is 0 Å². The molecule has 18 heavy (non-hydrogen) atoms. The number of ketones is 1. The van der Waals surface area contributed by atoms with Crippen LogP contribution in [0.1, 0.15) is 10.4 Å². The molecule has 0 radical (unpaired) electrons. The average molecular weight is 261 g/mol. The summed E-state index contributed by atoms with van der Waals surface area (Å²) >= 11 is 1.33. The van der Waals surface area contributed by atoms with E-state index >= 15 is 0 Å². The fourth-order valence-electron chi connectivity index (χ4n) is 1.35. The van der Waals surface area contributed by atoms with Crippen LogP contribution in [0.5, 0.6) is 11.5 Å². The monoisotopic (exact) mass is 261 g/mol. The second-order valence-corrected chi connectivity index (χ2v) is 4.58. The van der Waals surface area contributed by atoms with E-state index in [1.54, 1.807) is 6.20 Å². The number of pyridine rings is 1. The molecule has 5 heteroatoms. The van der Waals surface area contributed by atoms with Crippen molar-refractivity contribution in [2.24, 2.45) is 0 Å². The molecule has 0 aliphatic rings. The average Bonchev–Trinajstić information content (AvgIpc) is 2.40. The number of aromatic nitrogens is 1. The first-order chi connectivity index (χ1) is 8.66. The molecule has 0 saturated heterocycles. The zero-order chi connectivity index (χ0) is 13.0. The highest BCUT2D eigenvalue weighted by Crippen LogP contribution is 2.26. The van der Waals surface area contributed by atoms with Crippen molar-refractivity contribution in [1.82, 2.24) is 4.98 Å². The first-order valence-electron chi connectivity index (χ1n) is 5.26. The van der Waals surface area contributed by atoms with E-state index < -0.39 is 0 Å². The minimum Gasteiger partial charge on any atom is -0.504 e. The van der Waals surface area contributed by atoms with Crippen LogP contribution in [0.3, 0.4) is 0 Å². The zero-order valence-electron chi connectivity index (χ0n) is 9.41. The molecule has 0 aliphatic heterocycles. The smallest absolute Gasteiger partial charge is 0.173 e. The van der Waals surface area contributed by atoms with Crippen molar-refractivity contribution in [1.29, 1.82) is 0 Å². The Hall–Kier alpha value is -2.01. The molecule has 0 unspecified atom stereocenters. The molecule has 0 aliphatic carbocycles. The molecule has 2 N–H and O–H groups in total. The quantitative estimate of drug-likeness (QED) is 0.502.